The van der Waals surface area contributed by atoms with Crippen LogP contribution in [0, 0.1) is 12.3 Å². The van der Waals surface area contributed by atoms with Crippen molar-refractivity contribution in [3.8, 4) is 12.3 Å². The van der Waals surface area contributed by atoms with Gasteiger partial charge in [0.05, 0.1) is 6.54 Å². The fraction of sp³-hybridized carbons (Fsp3) is 0.556. The Bertz CT molecular complexity index is 141. The lowest BCUT2D eigenvalue weighted by molar-refractivity contribution is 0.406. The summed E-state index contributed by atoms with van der Waals surface area (Å²) in [4.78, 5) is 2.08. The summed E-state index contributed by atoms with van der Waals surface area (Å²) in [7, 11) is 2.00. The third kappa shape index (κ3) is 4.17. The van der Waals surface area contributed by atoms with Crippen LogP contribution in [0.1, 0.15) is 13.3 Å². The Morgan fingerprint density at radius 1 is 1.70 bits per heavy atom. The molecule has 1 heteroatoms. The zero-order valence-electron chi connectivity index (χ0n) is 6.85. The third-order valence-electron chi connectivity index (χ3n) is 1.35. The minimum Gasteiger partial charge on any atom is -0.291 e. The normalized spacial score (nSPS) is 9.40. The summed E-state index contributed by atoms with van der Waals surface area (Å²) in [6, 6.07) is 0. The lowest BCUT2D eigenvalue weighted by atomic mass is 10.2. The molecule has 0 amide bonds. The zero-order valence-corrected chi connectivity index (χ0v) is 6.85. The van der Waals surface area contributed by atoms with Crippen LogP contribution in [0.15, 0.2) is 12.2 Å². The lowest BCUT2D eigenvalue weighted by Crippen LogP contribution is -2.20. The molecular weight excluding hydrogens is 122 g/mol. The summed E-state index contributed by atoms with van der Waals surface area (Å²) in [6.45, 7) is 7.61. The van der Waals surface area contributed by atoms with E-state index in [2.05, 4.69) is 24.3 Å². The van der Waals surface area contributed by atoms with Crippen LogP contribution in [0.5, 0.6) is 0 Å². The van der Waals surface area contributed by atoms with E-state index in [4.69, 9.17) is 6.42 Å². The Hall–Kier alpha value is -0.740. The smallest absolute Gasteiger partial charge is 0.0599 e. The van der Waals surface area contributed by atoms with E-state index in [0.29, 0.717) is 6.54 Å². The number of hydrogen-bond acceptors (Lipinski definition) is 1. The lowest BCUT2D eigenvalue weighted by Gasteiger charge is -2.13. The Labute approximate surface area is 63.7 Å². The van der Waals surface area contributed by atoms with Crippen molar-refractivity contribution in [1.29, 1.82) is 0 Å². The van der Waals surface area contributed by atoms with E-state index in [-0.39, 0.29) is 0 Å². The van der Waals surface area contributed by atoms with Crippen LogP contribution < -0.4 is 0 Å². The number of terminal acetylenes is 1. The molecule has 0 bridgehead atoms. The molecule has 0 heterocycles. The van der Waals surface area contributed by atoms with E-state index in [1.807, 2.05) is 7.05 Å². The van der Waals surface area contributed by atoms with Crippen LogP contribution in [-0.4, -0.2) is 25.0 Å². The van der Waals surface area contributed by atoms with E-state index in [0.717, 1.165) is 13.0 Å². The Morgan fingerprint density at radius 2 is 2.30 bits per heavy atom. The van der Waals surface area contributed by atoms with Gasteiger partial charge in [0.15, 0.2) is 0 Å². The van der Waals surface area contributed by atoms with Crippen molar-refractivity contribution in [2.45, 2.75) is 13.3 Å². The Morgan fingerprint density at radius 3 is 2.70 bits per heavy atom. The van der Waals surface area contributed by atoms with Gasteiger partial charge in [0.1, 0.15) is 0 Å². The maximum Gasteiger partial charge on any atom is 0.0599 e. The monoisotopic (exact) mass is 137 g/mol. The van der Waals surface area contributed by atoms with Gasteiger partial charge in [0.25, 0.3) is 0 Å². The van der Waals surface area contributed by atoms with Crippen molar-refractivity contribution in [2.75, 3.05) is 20.1 Å². The molecule has 0 spiro atoms. The van der Waals surface area contributed by atoms with Gasteiger partial charge in [-0.15, -0.1) is 6.42 Å². The fourth-order valence-corrected chi connectivity index (χ4v) is 0.705. The predicted molar refractivity (Wildman–Crippen MR) is 45.8 cm³/mol. The van der Waals surface area contributed by atoms with Crippen LogP contribution in [0.25, 0.3) is 0 Å². The molecule has 0 aliphatic heterocycles. The molecule has 0 aliphatic carbocycles. The second-order valence-electron chi connectivity index (χ2n) is 2.48. The number of likely N-dealkylation sites (N-methyl/N-ethyl adjacent to an activating group) is 1. The van der Waals surface area contributed by atoms with Crippen LogP contribution in [0.2, 0.25) is 0 Å². The van der Waals surface area contributed by atoms with Crippen molar-refractivity contribution in [1.82, 2.24) is 4.90 Å². The maximum absolute atomic E-state index is 5.13. The first-order valence-corrected chi connectivity index (χ1v) is 3.49. The number of hydrogen-bond donors (Lipinski definition) is 0. The highest BCUT2D eigenvalue weighted by atomic mass is 15.1. The van der Waals surface area contributed by atoms with Crippen LogP contribution in [0.4, 0.5) is 0 Å². The van der Waals surface area contributed by atoms with E-state index < -0.39 is 0 Å². The van der Waals surface area contributed by atoms with E-state index in [1.54, 1.807) is 0 Å². The molecule has 56 valence electrons. The van der Waals surface area contributed by atoms with E-state index in [1.165, 1.54) is 5.57 Å². The molecule has 0 N–H and O–H groups in total. The van der Waals surface area contributed by atoms with Gasteiger partial charge in [-0.3, -0.25) is 4.90 Å². The summed E-state index contributed by atoms with van der Waals surface area (Å²) >= 11 is 0. The summed E-state index contributed by atoms with van der Waals surface area (Å²) in [5.74, 6) is 2.58. The highest BCUT2D eigenvalue weighted by Gasteiger charge is 1.95. The number of rotatable bonds is 4. The average molecular weight is 137 g/mol. The molecule has 0 aromatic heterocycles. The maximum atomic E-state index is 5.13. The first-order chi connectivity index (χ1) is 4.70. The molecule has 0 rings (SSSR count). The van der Waals surface area contributed by atoms with Crippen molar-refractivity contribution in [3.63, 3.8) is 0 Å². The molecule has 0 aromatic carbocycles. The fourth-order valence-electron chi connectivity index (χ4n) is 0.705. The highest BCUT2D eigenvalue weighted by molar-refractivity contribution is 4.97. The quantitative estimate of drug-likeness (QED) is 0.419. The molecule has 0 atom stereocenters. The van der Waals surface area contributed by atoms with Crippen molar-refractivity contribution < 1.29 is 0 Å². The molecular formula is C9H15N. The molecule has 1 nitrogen and oxygen atoms in total. The first-order valence-electron chi connectivity index (χ1n) is 3.49. The minimum absolute atomic E-state index is 0.707. The van der Waals surface area contributed by atoms with Gasteiger partial charge in [-0.05, 0) is 13.5 Å². The second kappa shape index (κ2) is 5.08. The van der Waals surface area contributed by atoms with Gasteiger partial charge in [0, 0.05) is 6.54 Å². The van der Waals surface area contributed by atoms with Gasteiger partial charge in [-0.1, -0.05) is 25.0 Å². The summed E-state index contributed by atoms with van der Waals surface area (Å²) < 4.78 is 0. The molecule has 0 fully saturated rings. The molecule has 0 saturated heterocycles. The van der Waals surface area contributed by atoms with E-state index in [9.17, 15) is 0 Å². The Kier molecular flexibility index (Phi) is 4.70. The van der Waals surface area contributed by atoms with Crippen molar-refractivity contribution >= 4 is 0 Å². The first kappa shape index (κ1) is 9.26. The van der Waals surface area contributed by atoms with Crippen molar-refractivity contribution in [2.24, 2.45) is 0 Å². The molecule has 0 saturated carbocycles. The molecule has 0 aromatic rings. The molecule has 10 heavy (non-hydrogen) atoms. The van der Waals surface area contributed by atoms with E-state index >= 15 is 0 Å². The number of nitrogens with zero attached hydrogens (tertiary/aromatic N) is 1. The van der Waals surface area contributed by atoms with Gasteiger partial charge in [0.2, 0.25) is 0 Å². The standard InChI is InChI=1S/C9H15N/c1-5-7-10(4)8-9(3)6-2/h1H,3,6-8H2,2,4H3. The van der Waals surface area contributed by atoms with Gasteiger partial charge < -0.3 is 0 Å². The second-order valence-corrected chi connectivity index (χ2v) is 2.48. The zero-order chi connectivity index (χ0) is 7.98. The topological polar surface area (TPSA) is 3.24 Å². The SMILES string of the molecule is C#CCN(C)CC(=C)CC. The van der Waals surface area contributed by atoms with Gasteiger partial charge >= 0.3 is 0 Å². The minimum atomic E-state index is 0.707. The molecule has 0 unspecified atom stereocenters. The summed E-state index contributed by atoms with van der Waals surface area (Å²) in [5.41, 5.74) is 1.23. The predicted octanol–water partition coefficient (Wildman–Crippen LogP) is 1.52. The van der Waals surface area contributed by atoms with Crippen molar-refractivity contribution in [3.05, 3.63) is 12.2 Å². The Balaban J connectivity index is 3.49. The molecule has 0 aliphatic rings. The van der Waals surface area contributed by atoms with Crippen LogP contribution in [0.3, 0.4) is 0 Å². The highest BCUT2D eigenvalue weighted by Crippen LogP contribution is 1.97. The average Bonchev–Trinajstić information content (AvgIpc) is 1.88. The third-order valence-corrected chi connectivity index (χ3v) is 1.35. The molecule has 0 radical (unpaired) electrons. The largest absolute Gasteiger partial charge is 0.291 e. The van der Waals surface area contributed by atoms with Crippen LogP contribution in [-0.2, 0) is 0 Å². The summed E-state index contributed by atoms with van der Waals surface area (Å²) in [6.07, 6.45) is 6.16. The van der Waals surface area contributed by atoms with Gasteiger partial charge in [-0.25, -0.2) is 0 Å². The summed E-state index contributed by atoms with van der Waals surface area (Å²) in [5, 5.41) is 0. The van der Waals surface area contributed by atoms with Crippen LogP contribution >= 0.6 is 0 Å². The van der Waals surface area contributed by atoms with Gasteiger partial charge in [-0.2, -0.15) is 0 Å².